The van der Waals surface area contributed by atoms with Crippen LogP contribution in [0, 0.1) is 0 Å². The number of benzene rings is 3. The predicted octanol–water partition coefficient (Wildman–Crippen LogP) is 5.38. The number of hydrogen-bond acceptors (Lipinski definition) is 5. The summed E-state index contributed by atoms with van der Waals surface area (Å²) in [5.41, 5.74) is 7.22. The van der Waals surface area contributed by atoms with E-state index in [4.69, 9.17) is 21.3 Å². The molecule has 0 atom stereocenters. The maximum Gasteiger partial charge on any atom is 0.250 e. The molecular weight excluding hydrogens is 456 g/mol. The van der Waals surface area contributed by atoms with Crippen molar-refractivity contribution in [3.05, 3.63) is 88.9 Å². The van der Waals surface area contributed by atoms with E-state index in [0.29, 0.717) is 17.3 Å². The molecule has 0 radical (unpaired) electrons. The molecule has 4 aromatic rings. The molecule has 0 aliphatic carbocycles. The molecule has 0 spiro atoms. The van der Waals surface area contributed by atoms with Gasteiger partial charge in [-0.15, -0.1) is 0 Å². The highest BCUT2D eigenvalue weighted by Gasteiger charge is 2.13. The number of fused-ring (bicyclic) bond motifs is 1. The van der Waals surface area contributed by atoms with Crippen molar-refractivity contribution >= 4 is 46.0 Å². The van der Waals surface area contributed by atoms with Crippen LogP contribution in [0.25, 0.3) is 11.0 Å². The van der Waals surface area contributed by atoms with Crippen LogP contribution in [0.15, 0.2) is 83.1 Å². The topological polar surface area (TPSA) is 68.5 Å². The summed E-state index contributed by atoms with van der Waals surface area (Å²) < 4.78 is 7.35. The molecule has 0 fully saturated rings. The largest absolute Gasteiger partial charge is 0.497 e. The number of nitrogens with one attached hydrogen (secondary N) is 1. The monoisotopic (exact) mass is 478 g/mol. The number of halogens is 1. The number of carbonyl (C=O) groups excluding carboxylic acids is 1. The van der Waals surface area contributed by atoms with Crippen molar-refractivity contribution < 1.29 is 9.53 Å². The Morgan fingerprint density at radius 1 is 1.12 bits per heavy atom. The van der Waals surface area contributed by atoms with Gasteiger partial charge >= 0.3 is 0 Å². The van der Waals surface area contributed by atoms with Gasteiger partial charge in [-0.2, -0.15) is 5.10 Å². The van der Waals surface area contributed by atoms with E-state index >= 15 is 0 Å². The maximum absolute atomic E-state index is 12.5. The van der Waals surface area contributed by atoms with Crippen LogP contribution in [-0.4, -0.2) is 34.0 Å². The maximum atomic E-state index is 12.5. The standard InChI is InChI=1S/C25H23ClN4O2S/c1-17(19-6-5-7-21(14-19)32-2)28-29-24(31)16-33-25-27-22-8-3-4-9-23(22)30(25)15-18-10-12-20(26)13-11-18/h3-14H,15-16H2,1-2H3,(H,29,31)/b28-17-. The molecule has 6 nitrogen and oxygen atoms in total. The Bertz CT molecular complexity index is 1300. The summed E-state index contributed by atoms with van der Waals surface area (Å²) in [5, 5.41) is 5.70. The van der Waals surface area contributed by atoms with E-state index < -0.39 is 0 Å². The van der Waals surface area contributed by atoms with Crippen LogP contribution >= 0.6 is 23.4 Å². The fraction of sp³-hybridized carbons (Fsp3) is 0.160. The average molecular weight is 479 g/mol. The third-order valence-corrected chi connectivity index (χ3v) is 6.27. The first-order valence-electron chi connectivity index (χ1n) is 10.3. The van der Waals surface area contributed by atoms with Gasteiger partial charge in [0, 0.05) is 10.6 Å². The van der Waals surface area contributed by atoms with Crippen LogP contribution in [0.5, 0.6) is 5.75 Å². The predicted molar refractivity (Wildman–Crippen MR) is 134 cm³/mol. The number of para-hydroxylation sites is 2. The van der Waals surface area contributed by atoms with Crippen molar-refractivity contribution in [2.45, 2.75) is 18.6 Å². The first-order chi connectivity index (χ1) is 16.0. The summed E-state index contributed by atoms with van der Waals surface area (Å²) in [5.74, 6) is 0.731. The normalized spacial score (nSPS) is 11.5. The zero-order valence-electron chi connectivity index (χ0n) is 18.3. The summed E-state index contributed by atoms with van der Waals surface area (Å²) >= 11 is 7.41. The molecule has 0 bridgehead atoms. The van der Waals surface area contributed by atoms with Crippen LogP contribution < -0.4 is 10.2 Å². The number of aromatic nitrogens is 2. The zero-order chi connectivity index (χ0) is 23.2. The molecule has 1 heterocycles. The highest BCUT2D eigenvalue weighted by atomic mass is 35.5. The number of nitrogens with zero attached hydrogens (tertiary/aromatic N) is 3. The zero-order valence-corrected chi connectivity index (χ0v) is 19.9. The number of rotatable bonds is 8. The fourth-order valence-electron chi connectivity index (χ4n) is 3.31. The molecule has 3 aromatic carbocycles. The number of amides is 1. The molecule has 168 valence electrons. The summed E-state index contributed by atoms with van der Waals surface area (Å²) in [6, 6.07) is 23.2. The molecule has 1 aromatic heterocycles. The summed E-state index contributed by atoms with van der Waals surface area (Å²) in [7, 11) is 1.62. The van der Waals surface area contributed by atoms with Gasteiger partial charge in [0.1, 0.15) is 5.75 Å². The minimum Gasteiger partial charge on any atom is -0.497 e. The number of hydrazone groups is 1. The Morgan fingerprint density at radius 3 is 2.70 bits per heavy atom. The van der Waals surface area contributed by atoms with Gasteiger partial charge in [-0.05, 0) is 48.9 Å². The quantitative estimate of drug-likeness (QED) is 0.210. The van der Waals surface area contributed by atoms with E-state index in [2.05, 4.69) is 15.1 Å². The number of imidazole rings is 1. The summed E-state index contributed by atoms with van der Waals surface area (Å²) in [6.07, 6.45) is 0. The van der Waals surface area contributed by atoms with Gasteiger partial charge in [-0.3, -0.25) is 4.79 Å². The molecule has 1 N–H and O–H groups in total. The second-order valence-electron chi connectivity index (χ2n) is 7.35. The summed E-state index contributed by atoms with van der Waals surface area (Å²) in [6.45, 7) is 2.47. The Balaban J connectivity index is 1.46. The number of carbonyl (C=O) groups is 1. The molecule has 0 saturated heterocycles. The van der Waals surface area contributed by atoms with Crippen LogP contribution in [0.1, 0.15) is 18.1 Å². The first kappa shape index (κ1) is 22.9. The van der Waals surface area contributed by atoms with Crippen molar-refractivity contribution in [1.82, 2.24) is 15.0 Å². The highest BCUT2D eigenvalue weighted by molar-refractivity contribution is 7.99. The second-order valence-corrected chi connectivity index (χ2v) is 8.73. The molecule has 0 aliphatic rings. The minimum atomic E-state index is -0.202. The third kappa shape index (κ3) is 5.74. The molecule has 8 heteroatoms. The minimum absolute atomic E-state index is 0.193. The van der Waals surface area contributed by atoms with Gasteiger partial charge in [-0.1, -0.05) is 59.8 Å². The van der Waals surface area contributed by atoms with Crippen molar-refractivity contribution in [2.24, 2.45) is 5.10 Å². The molecule has 4 rings (SSSR count). The molecule has 0 saturated carbocycles. The Hall–Kier alpha value is -3.29. The number of ether oxygens (including phenoxy) is 1. The van der Waals surface area contributed by atoms with E-state index in [0.717, 1.165) is 33.1 Å². The first-order valence-corrected chi connectivity index (χ1v) is 11.7. The van der Waals surface area contributed by atoms with Gasteiger partial charge in [-0.25, -0.2) is 10.4 Å². The lowest BCUT2D eigenvalue weighted by atomic mass is 10.1. The second kappa shape index (κ2) is 10.6. The molecular formula is C25H23ClN4O2S. The van der Waals surface area contributed by atoms with Gasteiger partial charge in [0.15, 0.2) is 5.16 Å². The smallest absolute Gasteiger partial charge is 0.250 e. The lowest BCUT2D eigenvalue weighted by Gasteiger charge is -2.09. The van der Waals surface area contributed by atoms with E-state index in [-0.39, 0.29) is 11.7 Å². The van der Waals surface area contributed by atoms with Crippen molar-refractivity contribution in [3.63, 3.8) is 0 Å². The molecule has 0 unspecified atom stereocenters. The van der Waals surface area contributed by atoms with E-state index in [1.54, 1.807) is 7.11 Å². The van der Waals surface area contributed by atoms with Crippen LogP contribution in [0.3, 0.4) is 0 Å². The fourth-order valence-corrected chi connectivity index (χ4v) is 4.24. The van der Waals surface area contributed by atoms with Gasteiger partial charge < -0.3 is 9.30 Å². The van der Waals surface area contributed by atoms with Gasteiger partial charge in [0.2, 0.25) is 0 Å². The van der Waals surface area contributed by atoms with E-state index in [1.165, 1.54) is 11.8 Å². The summed E-state index contributed by atoms with van der Waals surface area (Å²) in [4.78, 5) is 17.2. The number of methoxy groups -OCH3 is 1. The number of thioether (sulfide) groups is 1. The van der Waals surface area contributed by atoms with Crippen LogP contribution in [0.2, 0.25) is 5.02 Å². The van der Waals surface area contributed by atoms with E-state index in [1.807, 2.05) is 79.7 Å². The van der Waals surface area contributed by atoms with Crippen LogP contribution in [-0.2, 0) is 11.3 Å². The van der Waals surface area contributed by atoms with Crippen LogP contribution in [0.4, 0.5) is 0 Å². The van der Waals surface area contributed by atoms with E-state index in [9.17, 15) is 4.79 Å². The van der Waals surface area contributed by atoms with Gasteiger partial charge in [0.25, 0.3) is 5.91 Å². The lowest BCUT2D eigenvalue weighted by Crippen LogP contribution is -2.21. The Morgan fingerprint density at radius 2 is 1.91 bits per heavy atom. The Labute approximate surface area is 201 Å². The average Bonchev–Trinajstić information content (AvgIpc) is 3.19. The van der Waals surface area contributed by atoms with Crippen molar-refractivity contribution in [2.75, 3.05) is 12.9 Å². The molecule has 33 heavy (non-hydrogen) atoms. The van der Waals surface area contributed by atoms with Crippen molar-refractivity contribution in [3.8, 4) is 5.75 Å². The highest BCUT2D eigenvalue weighted by Crippen LogP contribution is 2.25. The van der Waals surface area contributed by atoms with Gasteiger partial charge in [0.05, 0.1) is 36.2 Å². The number of hydrogen-bond donors (Lipinski definition) is 1. The lowest BCUT2D eigenvalue weighted by molar-refractivity contribution is -0.118. The van der Waals surface area contributed by atoms with Crippen molar-refractivity contribution in [1.29, 1.82) is 0 Å². The SMILES string of the molecule is COc1cccc(/C(C)=N\NC(=O)CSc2nc3ccccc3n2Cc2ccc(Cl)cc2)c1. The Kier molecular flexibility index (Phi) is 7.32. The third-order valence-electron chi connectivity index (χ3n) is 5.04. The molecule has 0 aliphatic heterocycles. The molecule has 1 amide bonds.